The van der Waals surface area contributed by atoms with Gasteiger partial charge in [-0.3, -0.25) is 0 Å². The lowest BCUT2D eigenvalue weighted by atomic mass is 10.1. The van der Waals surface area contributed by atoms with Crippen molar-refractivity contribution in [3.05, 3.63) is 34.5 Å². The highest BCUT2D eigenvalue weighted by molar-refractivity contribution is 7.08. The molecule has 0 aliphatic heterocycles. The van der Waals surface area contributed by atoms with E-state index >= 15 is 0 Å². The number of phenols is 3. The van der Waals surface area contributed by atoms with E-state index in [-0.39, 0.29) is 11.5 Å². The predicted molar refractivity (Wildman–Crippen MR) is 63.1 cm³/mol. The summed E-state index contributed by atoms with van der Waals surface area (Å²) in [5.74, 6) is -1.09. The second kappa shape index (κ2) is 4.32. The van der Waals surface area contributed by atoms with Crippen LogP contribution in [-0.2, 0) is 6.54 Å². The molecule has 0 unspecified atom stereocenters. The van der Waals surface area contributed by atoms with Crippen LogP contribution in [0.1, 0.15) is 5.56 Å². The van der Waals surface area contributed by atoms with Gasteiger partial charge >= 0.3 is 0 Å². The minimum Gasteiger partial charge on any atom is -0.504 e. The van der Waals surface area contributed by atoms with Crippen molar-refractivity contribution in [1.29, 1.82) is 0 Å². The van der Waals surface area contributed by atoms with Crippen molar-refractivity contribution in [3.8, 4) is 17.2 Å². The van der Waals surface area contributed by atoms with E-state index < -0.39 is 5.75 Å². The van der Waals surface area contributed by atoms with Crippen molar-refractivity contribution in [3.63, 3.8) is 0 Å². The summed E-state index contributed by atoms with van der Waals surface area (Å²) >= 11 is 1.57. The Morgan fingerprint density at radius 1 is 1.06 bits per heavy atom. The van der Waals surface area contributed by atoms with E-state index in [0.717, 1.165) is 5.69 Å². The summed E-state index contributed by atoms with van der Waals surface area (Å²) in [4.78, 5) is 0. The molecule has 0 fully saturated rings. The third kappa shape index (κ3) is 2.04. The zero-order valence-corrected chi connectivity index (χ0v) is 9.16. The Balaban J connectivity index is 2.13. The Kier molecular flexibility index (Phi) is 2.87. The SMILES string of the molecule is Oc1ccc(CNc2ccsc2)c(O)c1O. The van der Waals surface area contributed by atoms with Crippen LogP contribution in [0.4, 0.5) is 5.69 Å². The number of phenolic OH excluding ortho intramolecular Hbond substituents is 3. The van der Waals surface area contributed by atoms with E-state index in [1.807, 2.05) is 16.8 Å². The highest BCUT2D eigenvalue weighted by Gasteiger charge is 2.10. The third-order valence-electron chi connectivity index (χ3n) is 2.22. The average Bonchev–Trinajstić information content (AvgIpc) is 2.78. The first-order valence-electron chi connectivity index (χ1n) is 4.67. The lowest BCUT2D eigenvalue weighted by Gasteiger charge is -2.08. The molecule has 0 spiro atoms. The maximum atomic E-state index is 9.56. The summed E-state index contributed by atoms with van der Waals surface area (Å²) < 4.78 is 0. The molecule has 84 valence electrons. The van der Waals surface area contributed by atoms with Gasteiger partial charge in [0.2, 0.25) is 5.75 Å². The first kappa shape index (κ1) is 10.6. The van der Waals surface area contributed by atoms with Crippen molar-refractivity contribution in [1.82, 2.24) is 0 Å². The molecule has 0 saturated carbocycles. The Morgan fingerprint density at radius 2 is 1.88 bits per heavy atom. The molecule has 2 rings (SSSR count). The van der Waals surface area contributed by atoms with Gasteiger partial charge in [-0.2, -0.15) is 11.3 Å². The maximum absolute atomic E-state index is 9.56. The topological polar surface area (TPSA) is 72.7 Å². The molecule has 0 radical (unpaired) electrons. The van der Waals surface area contributed by atoms with Gasteiger partial charge in [0, 0.05) is 23.2 Å². The second-order valence-electron chi connectivity index (χ2n) is 3.31. The molecule has 1 aromatic heterocycles. The maximum Gasteiger partial charge on any atom is 0.200 e. The van der Waals surface area contributed by atoms with Gasteiger partial charge in [-0.1, -0.05) is 0 Å². The van der Waals surface area contributed by atoms with Gasteiger partial charge in [0.05, 0.1) is 0 Å². The largest absolute Gasteiger partial charge is 0.504 e. The highest BCUT2D eigenvalue weighted by Crippen LogP contribution is 2.37. The molecule has 16 heavy (non-hydrogen) atoms. The van der Waals surface area contributed by atoms with Crippen LogP contribution in [0.15, 0.2) is 29.0 Å². The molecule has 0 amide bonds. The number of hydrogen-bond acceptors (Lipinski definition) is 5. The fourth-order valence-corrected chi connectivity index (χ4v) is 1.93. The van der Waals surface area contributed by atoms with Gasteiger partial charge < -0.3 is 20.6 Å². The molecule has 0 aliphatic rings. The van der Waals surface area contributed by atoms with Crippen LogP contribution in [-0.4, -0.2) is 15.3 Å². The van der Waals surface area contributed by atoms with Crippen LogP contribution in [0.5, 0.6) is 17.2 Å². The Bertz CT molecular complexity index is 482. The Hall–Kier alpha value is -1.88. The molecule has 1 aromatic carbocycles. The summed E-state index contributed by atoms with van der Waals surface area (Å²) in [5, 5.41) is 35.0. The summed E-state index contributed by atoms with van der Waals surface area (Å²) in [6.07, 6.45) is 0. The number of hydrogen-bond donors (Lipinski definition) is 4. The molecule has 4 N–H and O–H groups in total. The van der Waals surface area contributed by atoms with Crippen molar-refractivity contribution in [2.75, 3.05) is 5.32 Å². The van der Waals surface area contributed by atoms with Crippen LogP contribution in [0, 0.1) is 0 Å². The molecular weight excluding hydrogens is 226 g/mol. The lowest BCUT2D eigenvalue weighted by Crippen LogP contribution is -1.98. The third-order valence-corrected chi connectivity index (χ3v) is 2.90. The first-order valence-corrected chi connectivity index (χ1v) is 5.61. The van der Waals surface area contributed by atoms with Crippen LogP contribution in [0.3, 0.4) is 0 Å². The normalized spacial score (nSPS) is 10.2. The molecule has 0 bridgehead atoms. The Morgan fingerprint density at radius 3 is 2.56 bits per heavy atom. The van der Waals surface area contributed by atoms with Crippen LogP contribution < -0.4 is 5.32 Å². The van der Waals surface area contributed by atoms with E-state index in [0.29, 0.717) is 12.1 Å². The fourth-order valence-electron chi connectivity index (χ4n) is 1.32. The number of aromatic hydroxyl groups is 3. The molecule has 4 nitrogen and oxygen atoms in total. The standard InChI is InChI=1S/C11H11NO3S/c13-9-2-1-7(10(14)11(9)15)5-12-8-3-4-16-6-8/h1-4,6,12-15H,5H2. The van der Waals surface area contributed by atoms with Gasteiger partial charge in [0.15, 0.2) is 11.5 Å². The smallest absolute Gasteiger partial charge is 0.200 e. The number of nitrogens with one attached hydrogen (secondary N) is 1. The van der Waals surface area contributed by atoms with Crippen molar-refractivity contribution in [2.45, 2.75) is 6.54 Å². The minimum atomic E-state index is -0.482. The second-order valence-corrected chi connectivity index (χ2v) is 4.09. The number of rotatable bonds is 3. The quantitative estimate of drug-likeness (QED) is 0.619. The molecule has 0 atom stereocenters. The predicted octanol–water partition coefficient (Wildman–Crippen LogP) is 2.48. The summed E-state index contributed by atoms with van der Waals surface area (Å²) in [7, 11) is 0. The van der Waals surface area contributed by atoms with Gasteiger partial charge in [0.25, 0.3) is 0 Å². The summed E-state index contributed by atoms with van der Waals surface area (Å²) in [6, 6.07) is 4.82. The van der Waals surface area contributed by atoms with Crippen molar-refractivity contribution < 1.29 is 15.3 Å². The van der Waals surface area contributed by atoms with Crippen molar-refractivity contribution in [2.24, 2.45) is 0 Å². The molecule has 0 aliphatic carbocycles. The molecule has 5 heteroatoms. The van der Waals surface area contributed by atoms with E-state index in [2.05, 4.69) is 5.32 Å². The van der Waals surface area contributed by atoms with E-state index in [1.165, 1.54) is 6.07 Å². The van der Waals surface area contributed by atoms with E-state index in [9.17, 15) is 10.2 Å². The number of benzene rings is 1. The summed E-state index contributed by atoms with van der Waals surface area (Å²) in [6.45, 7) is 0.385. The molecule has 2 aromatic rings. The highest BCUT2D eigenvalue weighted by atomic mass is 32.1. The minimum absolute atomic E-state index is 0.289. The number of thiophene rings is 1. The van der Waals surface area contributed by atoms with E-state index in [1.54, 1.807) is 17.4 Å². The Labute approximate surface area is 96.4 Å². The lowest BCUT2D eigenvalue weighted by molar-refractivity contribution is 0.365. The van der Waals surface area contributed by atoms with Crippen LogP contribution >= 0.6 is 11.3 Å². The van der Waals surface area contributed by atoms with E-state index in [4.69, 9.17) is 5.11 Å². The van der Waals surface area contributed by atoms with Gasteiger partial charge in [-0.25, -0.2) is 0 Å². The first-order chi connectivity index (χ1) is 7.68. The van der Waals surface area contributed by atoms with Crippen LogP contribution in [0.25, 0.3) is 0 Å². The zero-order valence-electron chi connectivity index (χ0n) is 8.34. The molecular formula is C11H11NO3S. The monoisotopic (exact) mass is 237 g/mol. The van der Waals surface area contributed by atoms with Gasteiger partial charge in [-0.05, 0) is 23.6 Å². The van der Waals surface area contributed by atoms with Crippen molar-refractivity contribution >= 4 is 17.0 Å². The fraction of sp³-hybridized carbons (Fsp3) is 0.0909. The van der Waals surface area contributed by atoms with Gasteiger partial charge in [0.1, 0.15) is 0 Å². The molecule has 0 saturated heterocycles. The van der Waals surface area contributed by atoms with Gasteiger partial charge in [-0.15, -0.1) is 0 Å². The average molecular weight is 237 g/mol. The summed E-state index contributed by atoms with van der Waals surface area (Å²) in [5.41, 5.74) is 1.48. The molecule has 1 heterocycles. The van der Waals surface area contributed by atoms with Crippen LogP contribution in [0.2, 0.25) is 0 Å². The number of anilines is 1. The zero-order chi connectivity index (χ0) is 11.5.